The van der Waals surface area contributed by atoms with E-state index in [1.165, 1.54) is 12.7 Å². The Hall–Kier alpha value is -1.13. The van der Waals surface area contributed by atoms with Crippen molar-refractivity contribution >= 4 is 17.3 Å². The molecule has 3 nitrogen and oxygen atoms in total. The molecule has 0 aliphatic rings. The lowest BCUT2D eigenvalue weighted by atomic mass is 10.2. The summed E-state index contributed by atoms with van der Waals surface area (Å²) in [6.45, 7) is 3.47. The summed E-state index contributed by atoms with van der Waals surface area (Å²) >= 11 is 1.69. The van der Waals surface area contributed by atoms with E-state index in [9.17, 15) is 4.79 Å². The second-order valence-corrected chi connectivity index (χ2v) is 4.12. The van der Waals surface area contributed by atoms with Crippen molar-refractivity contribution in [3.05, 3.63) is 34.0 Å². The molecular formula is C12H17NO2S. The quantitative estimate of drug-likeness (QED) is 0.470. The minimum Gasteiger partial charge on any atom is -0.466 e. The van der Waals surface area contributed by atoms with Crippen molar-refractivity contribution in [3.63, 3.8) is 0 Å². The summed E-state index contributed by atoms with van der Waals surface area (Å²) in [6.07, 6.45) is 2.59. The van der Waals surface area contributed by atoms with Crippen molar-refractivity contribution in [3.8, 4) is 0 Å². The van der Waals surface area contributed by atoms with Crippen molar-refractivity contribution < 1.29 is 9.53 Å². The molecule has 0 bridgehead atoms. The van der Waals surface area contributed by atoms with Crippen molar-refractivity contribution in [2.24, 2.45) is 0 Å². The second kappa shape index (κ2) is 7.19. The highest BCUT2D eigenvalue weighted by Crippen LogP contribution is 2.05. The van der Waals surface area contributed by atoms with Gasteiger partial charge in [-0.3, -0.25) is 0 Å². The smallest absolute Gasteiger partial charge is 0.333 e. The Labute approximate surface area is 100 Å². The average molecular weight is 239 g/mol. The van der Waals surface area contributed by atoms with Crippen molar-refractivity contribution in [1.82, 2.24) is 5.32 Å². The molecule has 0 atom stereocenters. The number of hydrogen-bond acceptors (Lipinski definition) is 4. The van der Waals surface area contributed by atoms with E-state index < -0.39 is 0 Å². The van der Waals surface area contributed by atoms with E-state index in [0.29, 0.717) is 13.0 Å². The second-order valence-electron chi connectivity index (χ2n) is 3.34. The molecule has 0 radical (unpaired) electrons. The molecule has 0 aliphatic heterocycles. The van der Waals surface area contributed by atoms with Crippen LogP contribution in [0.25, 0.3) is 0 Å². The first-order valence-electron chi connectivity index (χ1n) is 5.27. The Kier molecular flexibility index (Phi) is 5.82. The largest absolute Gasteiger partial charge is 0.466 e. The molecule has 1 N–H and O–H groups in total. The molecule has 4 heteroatoms. The van der Waals surface area contributed by atoms with Gasteiger partial charge < -0.3 is 10.1 Å². The van der Waals surface area contributed by atoms with Crippen molar-refractivity contribution in [2.75, 3.05) is 13.7 Å². The molecule has 1 aromatic heterocycles. The van der Waals surface area contributed by atoms with E-state index in [1.807, 2.05) is 13.0 Å². The molecule has 0 fully saturated rings. The first-order chi connectivity index (χ1) is 7.77. The van der Waals surface area contributed by atoms with E-state index in [4.69, 9.17) is 0 Å². The predicted molar refractivity (Wildman–Crippen MR) is 66.4 cm³/mol. The first kappa shape index (κ1) is 12.9. The topological polar surface area (TPSA) is 38.3 Å². The molecule has 0 saturated heterocycles. The molecule has 0 spiro atoms. The van der Waals surface area contributed by atoms with Crippen LogP contribution in [0.15, 0.2) is 28.5 Å². The van der Waals surface area contributed by atoms with Gasteiger partial charge >= 0.3 is 5.97 Å². The molecule has 0 saturated carbocycles. The lowest BCUT2D eigenvalue weighted by Gasteiger charge is -2.03. The summed E-state index contributed by atoms with van der Waals surface area (Å²) in [4.78, 5) is 11.2. The van der Waals surface area contributed by atoms with Crippen LogP contribution in [0.3, 0.4) is 0 Å². The molecule has 0 aromatic carbocycles. The fourth-order valence-electron chi connectivity index (χ4n) is 1.31. The predicted octanol–water partition coefficient (Wildman–Crippen LogP) is 2.35. The Morgan fingerprint density at radius 2 is 2.44 bits per heavy atom. The van der Waals surface area contributed by atoms with Gasteiger partial charge in [0.25, 0.3) is 0 Å². The number of rotatable bonds is 6. The SMILES string of the molecule is CC/C(=C/CNCc1ccsc1)C(=O)OC. The van der Waals surface area contributed by atoms with Gasteiger partial charge in [0.2, 0.25) is 0 Å². The van der Waals surface area contributed by atoms with Gasteiger partial charge in [0, 0.05) is 18.7 Å². The third-order valence-electron chi connectivity index (χ3n) is 2.23. The summed E-state index contributed by atoms with van der Waals surface area (Å²) in [5, 5.41) is 7.42. The number of thiophene rings is 1. The van der Waals surface area contributed by atoms with Crippen LogP contribution in [0, 0.1) is 0 Å². The van der Waals surface area contributed by atoms with Gasteiger partial charge in [0.15, 0.2) is 0 Å². The summed E-state index contributed by atoms with van der Waals surface area (Å²) in [5.41, 5.74) is 2.00. The van der Waals surface area contributed by atoms with Gasteiger partial charge in [0.1, 0.15) is 0 Å². The van der Waals surface area contributed by atoms with Gasteiger partial charge in [-0.15, -0.1) is 0 Å². The highest BCUT2D eigenvalue weighted by molar-refractivity contribution is 7.07. The lowest BCUT2D eigenvalue weighted by Crippen LogP contribution is -2.14. The Bertz CT molecular complexity index is 344. The maximum atomic E-state index is 11.2. The highest BCUT2D eigenvalue weighted by atomic mass is 32.1. The van der Waals surface area contributed by atoms with Crippen LogP contribution in [-0.2, 0) is 16.1 Å². The van der Waals surface area contributed by atoms with Crippen LogP contribution in [0.2, 0.25) is 0 Å². The Morgan fingerprint density at radius 1 is 1.62 bits per heavy atom. The first-order valence-corrected chi connectivity index (χ1v) is 6.21. The van der Waals surface area contributed by atoms with Gasteiger partial charge in [-0.1, -0.05) is 13.0 Å². The lowest BCUT2D eigenvalue weighted by molar-refractivity contribution is -0.136. The average Bonchev–Trinajstić information content (AvgIpc) is 2.81. The molecule has 1 rings (SSSR count). The fourth-order valence-corrected chi connectivity index (χ4v) is 1.98. The summed E-state index contributed by atoms with van der Waals surface area (Å²) < 4.78 is 4.67. The van der Waals surface area contributed by atoms with Gasteiger partial charge in [-0.05, 0) is 28.8 Å². The zero-order valence-electron chi connectivity index (χ0n) is 9.66. The number of carbonyl (C=O) groups excluding carboxylic acids is 1. The van der Waals surface area contributed by atoms with Crippen LogP contribution in [0.5, 0.6) is 0 Å². The minimum atomic E-state index is -0.236. The van der Waals surface area contributed by atoms with Crippen molar-refractivity contribution in [2.45, 2.75) is 19.9 Å². The molecule has 1 aromatic rings. The third kappa shape index (κ3) is 4.16. The molecule has 88 valence electrons. The van der Waals surface area contributed by atoms with Crippen LogP contribution in [0.1, 0.15) is 18.9 Å². The summed E-state index contributed by atoms with van der Waals surface area (Å²) in [6, 6.07) is 2.09. The maximum absolute atomic E-state index is 11.2. The third-order valence-corrected chi connectivity index (χ3v) is 2.96. The number of esters is 1. The van der Waals surface area contributed by atoms with E-state index in [-0.39, 0.29) is 5.97 Å². The number of ether oxygens (including phenoxy) is 1. The van der Waals surface area contributed by atoms with Crippen LogP contribution < -0.4 is 5.32 Å². The Morgan fingerprint density at radius 3 is 3.00 bits per heavy atom. The van der Waals surface area contributed by atoms with Crippen LogP contribution >= 0.6 is 11.3 Å². The van der Waals surface area contributed by atoms with E-state index in [2.05, 4.69) is 26.9 Å². The molecule has 0 amide bonds. The monoisotopic (exact) mass is 239 g/mol. The zero-order chi connectivity index (χ0) is 11.8. The molecule has 1 heterocycles. The highest BCUT2D eigenvalue weighted by Gasteiger charge is 2.05. The molecular weight excluding hydrogens is 222 g/mol. The summed E-state index contributed by atoms with van der Waals surface area (Å²) in [7, 11) is 1.41. The maximum Gasteiger partial charge on any atom is 0.333 e. The fraction of sp³-hybridized carbons (Fsp3) is 0.417. The molecule has 0 unspecified atom stereocenters. The molecule has 0 aliphatic carbocycles. The van der Waals surface area contributed by atoms with Gasteiger partial charge in [0.05, 0.1) is 7.11 Å². The minimum absolute atomic E-state index is 0.236. The van der Waals surface area contributed by atoms with Gasteiger partial charge in [-0.2, -0.15) is 11.3 Å². The van der Waals surface area contributed by atoms with Crippen molar-refractivity contribution in [1.29, 1.82) is 0 Å². The van der Waals surface area contributed by atoms with E-state index in [0.717, 1.165) is 12.1 Å². The van der Waals surface area contributed by atoms with E-state index >= 15 is 0 Å². The number of methoxy groups -OCH3 is 1. The Balaban J connectivity index is 2.32. The number of hydrogen-bond donors (Lipinski definition) is 1. The van der Waals surface area contributed by atoms with Gasteiger partial charge in [-0.25, -0.2) is 4.79 Å². The number of carbonyl (C=O) groups is 1. The zero-order valence-corrected chi connectivity index (χ0v) is 10.5. The summed E-state index contributed by atoms with van der Waals surface area (Å²) in [5.74, 6) is -0.236. The van der Waals surface area contributed by atoms with Crippen LogP contribution in [-0.4, -0.2) is 19.6 Å². The normalized spacial score (nSPS) is 11.5. The van der Waals surface area contributed by atoms with E-state index in [1.54, 1.807) is 11.3 Å². The van der Waals surface area contributed by atoms with Crippen LogP contribution in [0.4, 0.5) is 0 Å². The standard InChI is InChI=1S/C12H17NO2S/c1-3-11(12(14)15-2)4-6-13-8-10-5-7-16-9-10/h4-5,7,9,13H,3,6,8H2,1-2H3/b11-4-. The molecule has 16 heavy (non-hydrogen) atoms. The number of nitrogens with one attached hydrogen (secondary N) is 1.